The number of ketones is 1. The zero-order valence-corrected chi connectivity index (χ0v) is 12.0. The van der Waals surface area contributed by atoms with Gasteiger partial charge in [-0.2, -0.15) is 5.26 Å². The van der Waals surface area contributed by atoms with Crippen molar-refractivity contribution in [2.75, 3.05) is 0 Å². The van der Waals surface area contributed by atoms with Crippen LogP contribution in [0.3, 0.4) is 0 Å². The number of nitriles is 1. The molecule has 0 aliphatic heterocycles. The molecule has 1 N–H and O–H groups in total. The zero-order chi connectivity index (χ0) is 14.8. The maximum absolute atomic E-state index is 12.3. The molecule has 1 aliphatic carbocycles. The third-order valence-electron chi connectivity index (χ3n) is 3.46. The van der Waals surface area contributed by atoms with Crippen molar-refractivity contribution in [3.63, 3.8) is 0 Å². The van der Waals surface area contributed by atoms with Crippen LogP contribution in [0.2, 0.25) is 0 Å². The van der Waals surface area contributed by atoms with Gasteiger partial charge in [-0.15, -0.1) is 0 Å². The first-order valence-corrected chi connectivity index (χ1v) is 7.95. The Bertz CT molecular complexity index is 664. The summed E-state index contributed by atoms with van der Waals surface area (Å²) in [5, 5.41) is 8.79. The second-order valence-electron chi connectivity index (χ2n) is 5.03. The Morgan fingerprint density at radius 3 is 2.50 bits per heavy atom. The summed E-state index contributed by atoms with van der Waals surface area (Å²) in [7, 11) is -3.60. The van der Waals surface area contributed by atoms with E-state index in [0.717, 1.165) is 0 Å². The minimum Gasteiger partial charge on any atom is -0.300 e. The van der Waals surface area contributed by atoms with Gasteiger partial charge >= 0.3 is 0 Å². The van der Waals surface area contributed by atoms with E-state index in [-0.39, 0.29) is 16.7 Å². The summed E-state index contributed by atoms with van der Waals surface area (Å²) in [5.41, 5.74) is 0.980. The topological polar surface area (TPSA) is 87.0 Å². The van der Waals surface area contributed by atoms with Gasteiger partial charge < -0.3 is 0 Å². The fourth-order valence-electron chi connectivity index (χ4n) is 2.36. The average Bonchev–Trinajstić information content (AvgIpc) is 2.40. The molecule has 0 radical (unpaired) electrons. The number of nitrogens with one attached hydrogen (secondary N) is 1. The molecule has 1 aromatic rings. The largest absolute Gasteiger partial charge is 0.300 e. The smallest absolute Gasteiger partial charge is 0.241 e. The molecule has 0 heterocycles. The van der Waals surface area contributed by atoms with Crippen LogP contribution < -0.4 is 4.72 Å². The maximum atomic E-state index is 12.3. The Hall–Kier alpha value is -1.71. The summed E-state index contributed by atoms with van der Waals surface area (Å²) in [6.45, 7) is 1.67. The first-order valence-electron chi connectivity index (χ1n) is 6.47. The standard InChI is InChI=1S/C14H16N2O3S/c1-10-8-11(9-15)2-7-14(10)20(18,19)16-12-3-5-13(17)6-4-12/h2,7-8,12,16H,3-6H2,1H3. The Labute approximate surface area is 118 Å². The van der Waals surface area contributed by atoms with Gasteiger partial charge in [0, 0.05) is 18.9 Å². The molecule has 106 valence electrons. The van der Waals surface area contributed by atoms with Crippen molar-refractivity contribution in [2.24, 2.45) is 0 Å². The van der Waals surface area contributed by atoms with E-state index in [1.165, 1.54) is 12.1 Å². The summed E-state index contributed by atoms with van der Waals surface area (Å²) in [6, 6.07) is 6.29. The number of carbonyl (C=O) groups excluding carboxylic acids is 1. The van der Waals surface area contributed by atoms with Crippen molar-refractivity contribution in [2.45, 2.75) is 43.5 Å². The van der Waals surface area contributed by atoms with Crippen LogP contribution >= 0.6 is 0 Å². The Kier molecular flexibility index (Phi) is 4.21. The van der Waals surface area contributed by atoms with Crippen molar-refractivity contribution in [1.29, 1.82) is 5.26 Å². The van der Waals surface area contributed by atoms with E-state index < -0.39 is 10.0 Å². The minimum atomic E-state index is -3.60. The van der Waals surface area contributed by atoms with E-state index >= 15 is 0 Å². The Morgan fingerprint density at radius 2 is 1.95 bits per heavy atom. The second-order valence-corrected chi connectivity index (χ2v) is 6.71. The van der Waals surface area contributed by atoms with Crippen LogP contribution in [0.5, 0.6) is 0 Å². The van der Waals surface area contributed by atoms with Gasteiger partial charge in [0.05, 0.1) is 16.5 Å². The molecule has 20 heavy (non-hydrogen) atoms. The molecule has 0 amide bonds. The second kappa shape index (κ2) is 5.73. The number of benzene rings is 1. The normalized spacial score (nSPS) is 16.9. The molecule has 0 spiro atoms. The van der Waals surface area contributed by atoms with Gasteiger partial charge in [0.25, 0.3) is 0 Å². The summed E-state index contributed by atoms with van der Waals surface area (Å²) in [6.07, 6.45) is 1.96. The molecule has 0 saturated heterocycles. The lowest BCUT2D eigenvalue weighted by atomic mass is 9.95. The fourth-order valence-corrected chi connectivity index (χ4v) is 3.89. The molecule has 0 unspecified atom stereocenters. The summed E-state index contributed by atoms with van der Waals surface area (Å²) in [5.74, 6) is 0.190. The highest BCUT2D eigenvalue weighted by molar-refractivity contribution is 7.89. The van der Waals surface area contributed by atoms with Gasteiger partial charge in [-0.25, -0.2) is 13.1 Å². The van der Waals surface area contributed by atoms with E-state index in [1.54, 1.807) is 13.0 Å². The Balaban J connectivity index is 2.18. The van der Waals surface area contributed by atoms with Crippen LogP contribution in [-0.4, -0.2) is 20.2 Å². The number of nitrogens with zero attached hydrogens (tertiary/aromatic N) is 1. The Morgan fingerprint density at radius 1 is 1.30 bits per heavy atom. The molecule has 1 saturated carbocycles. The van der Waals surface area contributed by atoms with E-state index in [9.17, 15) is 13.2 Å². The highest BCUT2D eigenvalue weighted by Gasteiger charge is 2.25. The molecule has 0 aromatic heterocycles. The summed E-state index contributed by atoms with van der Waals surface area (Å²) >= 11 is 0. The highest BCUT2D eigenvalue weighted by atomic mass is 32.2. The van der Waals surface area contributed by atoms with Gasteiger partial charge in [-0.1, -0.05) is 0 Å². The first-order chi connectivity index (χ1) is 9.42. The van der Waals surface area contributed by atoms with Crippen molar-refractivity contribution in [1.82, 2.24) is 4.72 Å². The molecular weight excluding hydrogens is 276 g/mol. The number of rotatable bonds is 3. The molecule has 1 aliphatic rings. The van der Waals surface area contributed by atoms with Crippen LogP contribution in [0.25, 0.3) is 0 Å². The molecule has 5 nitrogen and oxygen atoms in total. The van der Waals surface area contributed by atoms with Gasteiger partial charge in [-0.3, -0.25) is 4.79 Å². The molecular formula is C14H16N2O3S. The first kappa shape index (κ1) is 14.7. The van der Waals surface area contributed by atoms with E-state index in [4.69, 9.17) is 5.26 Å². The van der Waals surface area contributed by atoms with Crippen LogP contribution in [-0.2, 0) is 14.8 Å². The third kappa shape index (κ3) is 3.24. The lowest BCUT2D eigenvalue weighted by Crippen LogP contribution is -2.37. The van der Waals surface area contributed by atoms with E-state index in [0.29, 0.717) is 36.8 Å². The van der Waals surface area contributed by atoms with Crippen LogP contribution in [0, 0.1) is 18.3 Å². The molecule has 0 atom stereocenters. The van der Waals surface area contributed by atoms with Crippen LogP contribution in [0.1, 0.15) is 36.8 Å². The van der Waals surface area contributed by atoms with E-state index in [2.05, 4.69) is 4.72 Å². The SMILES string of the molecule is Cc1cc(C#N)ccc1S(=O)(=O)NC1CCC(=O)CC1. The number of hydrogen-bond acceptors (Lipinski definition) is 4. The molecule has 1 fully saturated rings. The number of carbonyl (C=O) groups is 1. The highest BCUT2D eigenvalue weighted by Crippen LogP contribution is 2.20. The van der Waals surface area contributed by atoms with Crippen molar-refractivity contribution in [3.05, 3.63) is 29.3 Å². The monoisotopic (exact) mass is 292 g/mol. The van der Waals surface area contributed by atoms with Crippen LogP contribution in [0.15, 0.2) is 23.1 Å². The summed E-state index contributed by atoms with van der Waals surface area (Å²) < 4.78 is 27.3. The van der Waals surface area contributed by atoms with Crippen LogP contribution in [0.4, 0.5) is 0 Å². The predicted octanol–water partition coefficient (Wildman–Crippen LogP) is 1.66. The van der Waals surface area contributed by atoms with Crippen molar-refractivity contribution >= 4 is 15.8 Å². The maximum Gasteiger partial charge on any atom is 0.241 e. The third-order valence-corrected chi connectivity index (χ3v) is 5.14. The van der Waals surface area contributed by atoms with Crippen molar-refractivity contribution in [3.8, 4) is 6.07 Å². The van der Waals surface area contributed by atoms with Gasteiger partial charge in [-0.05, 0) is 43.5 Å². The lowest BCUT2D eigenvalue weighted by molar-refractivity contribution is -0.120. The zero-order valence-electron chi connectivity index (χ0n) is 11.2. The number of Topliss-reactive ketones (excluding diaryl/α,β-unsaturated/α-hetero) is 1. The molecule has 1 aromatic carbocycles. The molecule has 6 heteroatoms. The van der Waals surface area contributed by atoms with Gasteiger partial charge in [0.1, 0.15) is 5.78 Å². The number of hydrogen-bond donors (Lipinski definition) is 1. The van der Waals surface area contributed by atoms with Crippen molar-refractivity contribution < 1.29 is 13.2 Å². The quantitative estimate of drug-likeness (QED) is 0.917. The number of sulfonamides is 1. The molecule has 0 bridgehead atoms. The summed E-state index contributed by atoms with van der Waals surface area (Å²) in [4.78, 5) is 11.3. The fraction of sp³-hybridized carbons (Fsp3) is 0.429. The van der Waals surface area contributed by atoms with E-state index in [1.807, 2.05) is 6.07 Å². The number of aryl methyl sites for hydroxylation is 1. The molecule has 2 rings (SSSR count). The minimum absolute atomic E-state index is 0.187. The van der Waals surface area contributed by atoms with Gasteiger partial charge in [0.15, 0.2) is 0 Å². The van der Waals surface area contributed by atoms with Gasteiger partial charge in [0.2, 0.25) is 10.0 Å². The average molecular weight is 292 g/mol. The predicted molar refractivity (Wildman–Crippen MR) is 73.5 cm³/mol. The lowest BCUT2D eigenvalue weighted by Gasteiger charge is -2.22.